The Hall–Kier alpha value is -3.00. The lowest BCUT2D eigenvalue weighted by Gasteiger charge is -2.12. The van der Waals surface area contributed by atoms with E-state index < -0.39 is 11.7 Å². The number of thiocarbonyl (C=S) groups is 1. The van der Waals surface area contributed by atoms with Gasteiger partial charge < -0.3 is 9.73 Å². The molecule has 4 aromatic rings. The summed E-state index contributed by atoms with van der Waals surface area (Å²) in [5, 5.41) is 6.50. The van der Waals surface area contributed by atoms with Crippen molar-refractivity contribution in [2.24, 2.45) is 0 Å². The molecule has 4 rings (SSSR count). The number of hydrogen-bond acceptors (Lipinski definition) is 4. The predicted molar refractivity (Wildman–Crippen MR) is 124 cm³/mol. The standard InChI is InChI=1S/C22H14Cl2FN3O2S/c1-11-2-3-13(21-26-18-10-14(23)9-16(24)19(18)30-21)8-17(11)27-22(31)28-20(29)12-4-6-15(25)7-5-12/h2-10H,1H3,(H2,27,28,29,31). The minimum atomic E-state index is -0.447. The molecule has 1 heterocycles. The van der Waals surface area contributed by atoms with Gasteiger partial charge in [-0.2, -0.15) is 0 Å². The molecule has 0 aliphatic carbocycles. The molecule has 0 saturated heterocycles. The second kappa shape index (κ2) is 8.63. The van der Waals surface area contributed by atoms with E-state index in [2.05, 4.69) is 15.6 Å². The highest BCUT2D eigenvalue weighted by molar-refractivity contribution is 7.80. The first-order valence-electron chi connectivity index (χ1n) is 9.04. The third kappa shape index (κ3) is 4.69. The van der Waals surface area contributed by atoms with Crippen molar-refractivity contribution in [3.8, 4) is 11.5 Å². The number of aromatic nitrogens is 1. The summed E-state index contributed by atoms with van der Waals surface area (Å²) in [5.74, 6) is -0.507. The Labute approximate surface area is 192 Å². The molecule has 156 valence electrons. The van der Waals surface area contributed by atoms with E-state index in [9.17, 15) is 9.18 Å². The average molecular weight is 474 g/mol. The number of aryl methyl sites for hydroxylation is 1. The first-order chi connectivity index (χ1) is 14.8. The highest BCUT2D eigenvalue weighted by atomic mass is 35.5. The Balaban J connectivity index is 1.55. The SMILES string of the molecule is Cc1ccc(-c2nc3cc(Cl)cc(Cl)c3o2)cc1NC(=S)NC(=O)c1ccc(F)cc1. The van der Waals surface area contributed by atoms with Crippen molar-refractivity contribution in [2.75, 3.05) is 5.32 Å². The van der Waals surface area contributed by atoms with Gasteiger partial charge in [0.25, 0.3) is 5.91 Å². The Kier molecular flexibility index (Phi) is 5.91. The van der Waals surface area contributed by atoms with Crippen LogP contribution in [0.5, 0.6) is 0 Å². The van der Waals surface area contributed by atoms with E-state index in [1.807, 2.05) is 19.1 Å². The molecule has 0 bridgehead atoms. The van der Waals surface area contributed by atoms with E-state index in [0.29, 0.717) is 38.3 Å². The monoisotopic (exact) mass is 473 g/mol. The van der Waals surface area contributed by atoms with Crippen molar-refractivity contribution in [1.82, 2.24) is 10.3 Å². The van der Waals surface area contributed by atoms with Gasteiger partial charge in [-0.15, -0.1) is 0 Å². The fraction of sp³-hybridized carbons (Fsp3) is 0.0455. The minimum absolute atomic E-state index is 0.0990. The molecule has 0 atom stereocenters. The van der Waals surface area contributed by atoms with Crippen LogP contribution in [0.4, 0.5) is 10.1 Å². The number of carbonyl (C=O) groups is 1. The Morgan fingerprint density at radius 3 is 2.58 bits per heavy atom. The number of nitrogens with zero attached hydrogens (tertiary/aromatic N) is 1. The number of anilines is 1. The molecule has 0 fully saturated rings. The van der Waals surface area contributed by atoms with Crippen molar-refractivity contribution in [3.63, 3.8) is 0 Å². The highest BCUT2D eigenvalue weighted by Crippen LogP contribution is 2.33. The molecule has 3 aromatic carbocycles. The van der Waals surface area contributed by atoms with Crippen molar-refractivity contribution < 1.29 is 13.6 Å². The zero-order valence-electron chi connectivity index (χ0n) is 16.0. The molecule has 0 radical (unpaired) electrons. The van der Waals surface area contributed by atoms with E-state index in [0.717, 1.165) is 5.56 Å². The fourth-order valence-electron chi connectivity index (χ4n) is 2.90. The maximum atomic E-state index is 13.0. The van der Waals surface area contributed by atoms with Gasteiger partial charge >= 0.3 is 0 Å². The lowest BCUT2D eigenvalue weighted by atomic mass is 10.1. The van der Waals surface area contributed by atoms with Gasteiger partial charge in [0.15, 0.2) is 10.7 Å². The molecule has 0 spiro atoms. The number of fused-ring (bicyclic) bond motifs is 1. The third-order valence-corrected chi connectivity index (χ3v) is 5.18. The van der Waals surface area contributed by atoms with Crippen LogP contribution in [0, 0.1) is 12.7 Å². The van der Waals surface area contributed by atoms with Crippen LogP contribution >= 0.6 is 35.4 Å². The second-order valence-corrected chi connectivity index (χ2v) is 7.95. The minimum Gasteiger partial charge on any atom is -0.435 e. The zero-order chi connectivity index (χ0) is 22.1. The molecule has 2 N–H and O–H groups in total. The zero-order valence-corrected chi connectivity index (χ0v) is 18.3. The molecule has 0 aliphatic heterocycles. The molecule has 0 unspecified atom stereocenters. The molecule has 5 nitrogen and oxygen atoms in total. The van der Waals surface area contributed by atoms with Gasteiger partial charge in [-0.05, 0) is 73.2 Å². The Morgan fingerprint density at radius 2 is 1.84 bits per heavy atom. The number of benzene rings is 3. The van der Waals surface area contributed by atoms with Crippen LogP contribution in [-0.4, -0.2) is 16.0 Å². The number of oxazole rings is 1. The summed E-state index contributed by atoms with van der Waals surface area (Å²) in [6.07, 6.45) is 0. The van der Waals surface area contributed by atoms with Gasteiger partial charge in [0.05, 0.1) is 5.02 Å². The first-order valence-corrected chi connectivity index (χ1v) is 10.2. The summed E-state index contributed by atoms with van der Waals surface area (Å²) in [6.45, 7) is 1.89. The van der Waals surface area contributed by atoms with Gasteiger partial charge in [0, 0.05) is 21.8 Å². The van der Waals surface area contributed by atoms with E-state index in [4.69, 9.17) is 39.8 Å². The molecule has 1 amide bonds. The first kappa shape index (κ1) is 21.2. The largest absolute Gasteiger partial charge is 0.435 e. The maximum Gasteiger partial charge on any atom is 0.257 e. The average Bonchev–Trinajstić information content (AvgIpc) is 3.14. The van der Waals surface area contributed by atoms with Crippen LogP contribution in [0.3, 0.4) is 0 Å². The van der Waals surface area contributed by atoms with Gasteiger partial charge in [-0.1, -0.05) is 29.3 Å². The van der Waals surface area contributed by atoms with Gasteiger partial charge in [-0.25, -0.2) is 9.37 Å². The summed E-state index contributed by atoms with van der Waals surface area (Å²) in [4.78, 5) is 16.7. The molecular formula is C22H14Cl2FN3O2S. The predicted octanol–water partition coefficient (Wildman–Crippen LogP) is 6.38. The van der Waals surface area contributed by atoms with Crippen LogP contribution in [-0.2, 0) is 0 Å². The normalized spacial score (nSPS) is 10.8. The van der Waals surface area contributed by atoms with Crippen LogP contribution in [0.15, 0.2) is 59.0 Å². The van der Waals surface area contributed by atoms with Crippen LogP contribution in [0.2, 0.25) is 10.0 Å². The summed E-state index contributed by atoms with van der Waals surface area (Å²) in [6, 6.07) is 13.9. The van der Waals surface area contributed by atoms with Crippen molar-refractivity contribution in [1.29, 1.82) is 0 Å². The summed E-state index contributed by atoms with van der Waals surface area (Å²) < 4.78 is 18.8. The van der Waals surface area contributed by atoms with E-state index in [1.54, 1.807) is 18.2 Å². The Morgan fingerprint density at radius 1 is 1.10 bits per heavy atom. The Bertz CT molecular complexity index is 1320. The van der Waals surface area contributed by atoms with Crippen LogP contribution in [0.25, 0.3) is 22.6 Å². The lowest BCUT2D eigenvalue weighted by molar-refractivity contribution is 0.0977. The van der Waals surface area contributed by atoms with Crippen molar-refractivity contribution >= 4 is 63.2 Å². The fourth-order valence-corrected chi connectivity index (χ4v) is 3.63. The van der Waals surface area contributed by atoms with Crippen molar-refractivity contribution in [2.45, 2.75) is 6.92 Å². The number of nitrogens with one attached hydrogen (secondary N) is 2. The number of rotatable bonds is 3. The molecule has 31 heavy (non-hydrogen) atoms. The van der Waals surface area contributed by atoms with Crippen LogP contribution < -0.4 is 10.6 Å². The van der Waals surface area contributed by atoms with Crippen molar-refractivity contribution in [3.05, 3.63) is 81.6 Å². The van der Waals surface area contributed by atoms with E-state index in [1.165, 1.54) is 24.3 Å². The second-order valence-electron chi connectivity index (χ2n) is 6.70. The summed E-state index contributed by atoms with van der Waals surface area (Å²) in [5.41, 5.74) is 3.51. The maximum absolute atomic E-state index is 13.0. The topological polar surface area (TPSA) is 67.2 Å². The molecule has 0 saturated carbocycles. The number of hydrogen-bond donors (Lipinski definition) is 2. The summed E-state index contributed by atoms with van der Waals surface area (Å²) >= 11 is 17.5. The summed E-state index contributed by atoms with van der Waals surface area (Å²) in [7, 11) is 0. The van der Waals surface area contributed by atoms with E-state index >= 15 is 0 Å². The third-order valence-electron chi connectivity index (χ3n) is 4.48. The van der Waals surface area contributed by atoms with Gasteiger partial charge in [0.1, 0.15) is 11.3 Å². The quantitative estimate of drug-likeness (QED) is 0.338. The van der Waals surface area contributed by atoms with Crippen LogP contribution in [0.1, 0.15) is 15.9 Å². The lowest BCUT2D eigenvalue weighted by Crippen LogP contribution is -2.34. The number of halogens is 3. The number of amides is 1. The molecule has 0 aliphatic rings. The molecule has 1 aromatic heterocycles. The number of carbonyl (C=O) groups excluding carboxylic acids is 1. The molecular weight excluding hydrogens is 460 g/mol. The smallest absolute Gasteiger partial charge is 0.257 e. The van der Waals surface area contributed by atoms with E-state index in [-0.39, 0.29) is 10.7 Å². The van der Waals surface area contributed by atoms with Gasteiger partial charge in [0.2, 0.25) is 5.89 Å². The van der Waals surface area contributed by atoms with Gasteiger partial charge in [-0.3, -0.25) is 10.1 Å². The molecule has 9 heteroatoms. The highest BCUT2D eigenvalue weighted by Gasteiger charge is 2.14.